The third-order valence-electron chi connectivity index (χ3n) is 6.67. The fourth-order valence-electron chi connectivity index (χ4n) is 4.79. The monoisotopic (exact) mass is 481 g/mol. The molecule has 0 aromatic heterocycles. The van der Waals surface area contributed by atoms with Gasteiger partial charge in [0.2, 0.25) is 0 Å². The highest BCUT2D eigenvalue weighted by atomic mass is 35.5. The first-order chi connectivity index (χ1) is 16.7. The van der Waals surface area contributed by atoms with Crippen LogP contribution in [0.1, 0.15) is 56.1 Å². The van der Waals surface area contributed by atoms with Gasteiger partial charge in [0.15, 0.2) is 0 Å². The number of nitrogens with zero attached hydrogens (tertiary/aromatic N) is 1. The molecule has 4 rings (SSSR count). The molecule has 0 saturated carbocycles. The summed E-state index contributed by atoms with van der Waals surface area (Å²) in [6.45, 7) is 2.87. The van der Waals surface area contributed by atoms with Crippen LogP contribution in [-0.2, 0) is 22.5 Å². The summed E-state index contributed by atoms with van der Waals surface area (Å²) in [5, 5.41) is 4.07. The van der Waals surface area contributed by atoms with Crippen LogP contribution in [0.3, 0.4) is 0 Å². The van der Waals surface area contributed by atoms with Gasteiger partial charge in [-0.05, 0) is 87.4 Å². The molecule has 2 aromatic carbocycles. The first-order valence-electron chi connectivity index (χ1n) is 12.7. The van der Waals surface area contributed by atoms with E-state index in [1.165, 1.54) is 22.5 Å². The highest BCUT2D eigenvalue weighted by Crippen LogP contribution is 2.37. The van der Waals surface area contributed by atoms with E-state index in [0.29, 0.717) is 0 Å². The maximum atomic E-state index is 11.9. The molecule has 1 amide bonds. The normalized spacial score (nSPS) is 16.2. The number of amides is 1. The van der Waals surface area contributed by atoms with Crippen molar-refractivity contribution in [3.8, 4) is 0 Å². The number of para-hydroxylation sites is 1. The van der Waals surface area contributed by atoms with Crippen LogP contribution < -0.4 is 15.7 Å². The van der Waals surface area contributed by atoms with Gasteiger partial charge in [0.05, 0.1) is 6.10 Å². The Hall–Kier alpha value is -2.34. The Morgan fingerprint density at radius 2 is 1.79 bits per heavy atom. The molecule has 2 N–H and O–H groups in total. The predicted octanol–water partition coefficient (Wildman–Crippen LogP) is 5.88. The highest BCUT2D eigenvalue weighted by molar-refractivity contribution is 6.30. The number of allylic oxidation sites excluding steroid dienone is 1. The molecule has 5 nitrogen and oxygen atoms in total. The Balaban J connectivity index is 1.19. The molecule has 0 aliphatic carbocycles. The summed E-state index contributed by atoms with van der Waals surface area (Å²) in [7, 11) is 0. The van der Waals surface area contributed by atoms with Crippen molar-refractivity contribution in [2.45, 2.75) is 63.9 Å². The molecule has 1 fully saturated rings. The van der Waals surface area contributed by atoms with Gasteiger partial charge < -0.3 is 10.2 Å². The van der Waals surface area contributed by atoms with Crippen molar-refractivity contribution in [1.29, 1.82) is 0 Å². The fraction of sp³-hybridized carbons (Fsp3) is 0.464. The standard InChI is InChI=1S/C28H36ClN3O2/c29-24-15-14-23-13-12-22-9-6-7-10-26(22)32(27(23)21-24)20-8-4-2-1-3-5-11-28(33)31-34-25-16-18-30-19-17-25/h5-7,9-11,14-15,21,25,30H,1-4,8,12-13,16-20H2,(H,31,33)/b11-5+. The lowest BCUT2D eigenvalue weighted by atomic mass is 10.0. The van der Waals surface area contributed by atoms with E-state index < -0.39 is 0 Å². The van der Waals surface area contributed by atoms with Crippen LogP contribution >= 0.6 is 11.6 Å². The molecular weight excluding hydrogens is 446 g/mol. The summed E-state index contributed by atoms with van der Waals surface area (Å²) < 4.78 is 0. The van der Waals surface area contributed by atoms with Gasteiger partial charge >= 0.3 is 0 Å². The zero-order chi connectivity index (χ0) is 23.6. The van der Waals surface area contributed by atoms with Gasteiger partial charge in [-0.25, -0.2) is 5.48 Å². The minimum Gasteiger partial charge on any atom is -0.341 e. The Kier molecular flexibility index (Phi) is 9.43. The number of piperidine rings is 1. The number of carbonyl (C=O) groups is 1. The number of hydroxylamine groups is 1. The Morgan fingerprint density at radius 3 is 2.65 bits per heavy atom. The number of hydrogen-bond acceptors (Lipinski definition) is 4. The number of halogens is 1. The SMILES string of the molecule is O=C(/C=C/CCCCCCN1c2ccccc2CCc2ccc(Cl)cc21)NOC1CCNCC1. The number of rotatable bonds is 10. The third kappa shape index (κ3) is 7.08. The van der Waals surface area contributed by atoms with Gasteiger partial charge in [-0.1, -0.05) is 54.8 Å². The first kappa shape index (κ1) is 24.8. The average molecular weight is 482 g/mol. The van der Waals surface area contributed by atoms with E-state index in [4.69, 9.17) is 16.4 Å². The molecule has 0 atom stereocenters. The summed E-state index contributed by atoms with van der Waals surface area (Å²) in [4.78, 5) is 19.8. The molecule has 2 heterocycles. The molecule has 2 aliphatic heterocycles. The summed E-state index contributed by atoms with van der Waals surface area (Å²) in [6, 6.07) is 15.0. The van der Waals surface area contributed by atoms with Crippen molar-refractivity contribution in [1.82, 2.24) is 10.8 Å². The second kappa shape index (κ2) is 12.9. The Labute approximate surface area is 208 Å². The molecule has 0 radical (unpaired) electrons. The average Bonchev–Trinajstić information content (AvgIpc) is 3.01. The van der Waals surface area contributed by atoms with Crippen LogP contribution in [0.5, 0.6) is 0 Å². The van der Waals surface area contributed by atoms with Crippen LogP contribution in [0.25, 0.3) is 0 Å². The number of benzene rings is 2. The van der Waals surface area contributed by atoms with E-state index in [9.17, 15) is 4.79 Å². The van der Waals surface area contributed by atoms with E-state index in [0.717, 1.165) is 82.4 Å². The molecular formula is C28H36ClN3O2. The number of nitrogens with one attached hydrogen (secondary N) is 2. The lowest BCUT2D eigenvalue weighted by molar-refractivity contribution is -0.134. The van der Waals surface area contributed by atoms with Crippen LogP contribution in [-0.4, -0.2) is 31.6 Å². The third-order valence-corrected chi connectivity index (χ3v) is 6.90. The first-order valence-corrected chi connectivity index (χ1v) is 13.1. The maximum Gasteiger partial charge on any atom is 0.267 e. The minimum atomic E-state index is -0.171. The molecule has 6 heteroatoms. The lowest BCUT2D eigenvalue weighted by Crippen LogP contribution is -2.37. The van der Waals surface area contributed by atoms with Crippen molar-refractivity contribution in [3.05, 3.63) is 70.8 Å². The smallest absolute Gasteiger partial charge is 0.267 e. The van der Waals surface area contributed by atoms with Crippen molar-refractivity contribution in [2.75, 3.05) is 24.5 Å². The minimum absolute atomic E-state index is 0.123. The van der Waals surface area contributed by atoms with Crippen molar-refractivity contribution >= 4 is 28.9 Å². The molecule has 0 unspecified atom stereocenters. The summed E-state index contributed by atoms with van der Waals surface area (Å²) >= 11 is 6.36. The van der Waals surface area contributed by atoms with Gasteiger partial charge in [0.25, 0.3) is 5.91 Å². The number of unbranched alkanes of at least 4 members (excludes halogenated alkanes) is 4. The number of aryl methyl sites for hydroxylation is 2. The van der Waals surface area contributed by atoms with Gasteiger partial charge in [-0.15, -0.1) is 0 Å². The second-order valence-corrected chi connectivity index (χ2v) is 9.63. The predicted molar refractivity (Wildman–Crippen MR) is 140 cm³/mol. The molecule has 0 bridgehead atoms. The van der Waals surface area contributed by atoms with Crippen molar-refractivity contribution < 1.29 is 9.63 Å². The second-order valence-electron chi connectivity index (χ2n) is 9.19. The summed E-state index contributed by atoms with van der Waals surface area (Å²) in [6.07, 6.45) is 13.1. The van der Waals surface area contributed by atoms with E-state index in [2.05, 4.69) is 52.1 Å². The number of anilines is 2. The molecule has 0 spiro atoms. The van der Waals surface area contributed by atoms with E-state index in [-0.39, 0.29) is 12.0 Å². The van der Waals surface area contributed by atoms with Crippen LogP contribution in [0.2, 0.25) is 5.02 Å². The Morgan fingerprint density at radius 1 is 1.03 bits per heavy atom. The maximum absolute atomic E-state index is 11.9. The van der Waals surface area contributed by atoms with Crippen LogP contribution in [0.4, 0.5) is 11.4 Å². The quantitative estimate of drug-likeness (QED) is 0.252. The highest BCUT2D eigenvalue weighted by Gasteiger charge is 2.20. The van der Waals surface area contributed by atoms with E-state index >= 15 is 0 Å². The van der Waals surface area contributed by atoms with Crippen LogP contribution in [0, 0.1) is 0 Å². The summed E-state index contributed by atoms with van der Waals surface area (Å²) in [5.74, 6) is -0.171. The van der Waals surface area contributed by atoms with Gasteiger partial charge in [0, 0.05) is 29.0 Å². The van der Waals surface area contributed by atoms with Gasteiger partial charge in [-0.2, -0.15) is 0 Å². The number of carbonyl (C=O) groups excluding carboxylic acids is 1. The number of hydrogen-bond donors (Lipinski definition) is 2. The number of fused-ring (bicyclic) bond motifs is 2. The molecule has 1 saturated heterocycles. The van der Waals surface area contributed by atoms with Crippen molar-refractivity contribution in [3.63, 3.8) is 0 Å². The largest absolute Gasteiger partial charge is 0.341 e. The van der Waals surface area contributed by atoms with E-state index in [1.807, 2.05) is 12.1 Å². The lowest BCUT2D eigenvalue weighted by Gasteiger charge is -2.27. The zero-order valence-electron chi connectivity index (χ0n) is 19.9. The van der Waals surface area contributed by atoms with Gasteiger partial charge in [0.1, 0.15) is 0 Å². The molecule has 182 valence electrons. The fourth-order valence-corrected chi connectivity index (χ4v) is 4.96. The van der Waals surface area contributed by atoms with E-state index in [1.54, 1.807) is 6.08 Å². The Bertz CT molecular complexity index is 972. The molecule has 2 aromatic rings. The van der Waals surface area contributed by atoms with Crippen LogP contribution in [0.15, 0.2) is 54.6 Å². The molecule has 2 aliphatic rings. The topological polar surface area (TPSA) is 53.6 Å². The van der Waals surface area contributed by atoms with Gasteiger partial charge in [-0.3, -0.25) is 9.63 Å². The summed E-state index contributed by atoms with van der Waals surface area (Å²) in [5.41, 5.74) is 7.89. The van der Waals surface area contributed by atoms with Crippen molar-refractivity contribution in [2.24, 2.45) is 0 Å². The molecule has 34 heavy (non-hydrogen) atoms. The zero-order valence-corrected chi connectivity index (χ0v) is 20.7.